The molecule has 0 unspecified atom stereocenters. The van der Waals surface area contributed by atoms with Crippen molar-refractivity contribution in [1.82, 2.24) is 9.03 Å². The summed E-state index contributed by atoms with van der Waals surface area (Å²) in [5.74, 6) is 0. The Bertz CT molecular complexity index is 118. The quantitative estimate of drug-likeness (QED) is 0.435. The van der Waals surface area contributed by atoms with Gasteiger partial charge in [0.1, 0.15) is 0 Å². The van der Waals surface area contributed by atoms with Gasteiger partial charge in [-0.15, -0.1) is 0 Å². The Morgan fingerprint density at radius 1 is 1.42 bits per heavy atom. The molecule has 1 fully saturated rings. The van der Waals surface area contributed by atoms with Gasteiger partial charge < -0.3 is 15.2 Å². The first-order valence-corrected chi connectivity index (χ1v) is 4.14. The van der Waals surface area contributed by atoms with Crippen molar-refractivity contribution < 1.29 is 14.6 Å². The van der Waals surface area contributed by atoms with E-state index in [2.05, 4.69) is 30.9 Å². The van der Waals surface area contributed by atoms with Gasteiger partial charge in [-0.25, -0.2) is 4.79 Å². The highest BCUT2D eigenvalue weighted by atomic mass is 32.2. The molecule has 5 nitrogen and oxygen atoms in total. The van der Waals surface area contributed by atoms with Crippen LogP contribution in [0.1, 0.15) is 0 Å². The highest BCUT2D eigenvalue weighted by Gasteiger charge is 1.95. The van der Waals surface area contributed by atoms with Crippen molar-refractivity contribution in [1.29, 1.82) is 0 Å². The fraction of sp³-hybridized carbons (Fsp3) is 0.800. The minimum Gasteiger partial charge on any atom is -0.464 e. The zero-order chi connectivity index (χ0) is 9.40. The third kappa shape index (κ3) is 7.99. The molecule has 72 valence electrons. The second-order valence-corrected chi connectivity index (χ2v) is 3.05. The molecule has 0 aliphatic carbocycles. The van der Waals surface area contributed by atoms with Crippen LogP contribution in [0.15, 0.2) is 0 Å². The average molecular weight is 212 g/mol. The zero-order valence-corrected chi connectivity index (χ0v) is 8.22. The van der Waals surface area contributed by atoms with Gasteiger partial charge >= 0.3 is 6.09 Å². The first kappa shape index (κ1) is 11.9. The molecule has 1 rings (SSSR count). The Hall–Kier alpha value is -0.110. The third-order valence-electron chi connectivity index (χ3n) is 1.02. The lowest BCUT2D eigenvalue weighted by atomic mass is 10.5. The normalized spacial score (nSPS) is 15.8. The lowest BCUT2D eigenvalue weighted by molar-refractivity contribution is 0.109. The Morgan fingerprint density at radius 3 is 1.92 bits per heavy atom. The molecule has 0 bridgehead atoms. The van der Waals surface area contributed by atoms with Crippen LogP contribution in [0.3, 0.4) is 0 Å². The molecule has 12 heavy (non-hydrogen) atoms. The smallest absolute Gasteiger partial charge is 0.427 e. The van der Waals surface area contributed by atoms with Crippen LogP contribution in [0.25, 0.3) is 0 Å². The molecule has 0 aromatic rings. The molecule has 0 aromatic carbocycles. The molecule has 1 aliphatic heterocycles. The number of hydrogen-bond donors (Lipinski definition) is 4. The second-order valence-electron chi connectivity index (χ2n) is 1.93. The van der Waals surface area contributed by atoms with Crippen LogP contribution in [-0.2, 0) is 4.74 Å². The van der Waals surface area contributed by atoms with Crippen LogP contribution < -0.4 is 5.32 Å². The number of carboxylic acid groups (broad SMARTS) is 1. The number of ether oxygens (including phenoxy) is 1. The van der Waals surface area contributed by atoms with Gasteiger partial charge in [0.15, 0.2) is 0 Å². The van der Waals surface area contributed by atoms with Crippen LogP contribution in [0.2, 0.25) is 0 Å². The molecular formula is C5H12N2O3S2. The molecule has 0 atom stereocenters. The first-order chi connectivity index (χ1) is 5.64. The number of hydrogen-bond acceptors (Lipinski definition) is 5. The van der Waals surface area contributed by atoms with Crippen molar-refractivity contribution in [3.8, 4) is 0 Å². The number of morpholine rings is 1. The predicted molar refractivity (Wildman–Crippen MR) is 51.5 cm³/mol. The van der Waals surface area contributed by atoms with Gasteiger partial charge in [-0.05, 0) is 25.6 Å². The van der Waals surface area contributed by atoms with Crippen LogP contribution >= 0.6 is 25.6 Å². The molecule has 0 saturated carbocycles. The van der Waals surface area contributed by atoms with Crippen molar-refractivity contribution in [2.24, 2.45) is 0 Å². The standard InChI is InChI=1S/C4H9NO.CH3NO2S2/c1-3-6-4-2-5-1;3-1(4)2(5)6/h5H,1-4H2;5-6H,(H,3,4). The van der Waals surface area contributed by atoms with Crippen molar-refractivity contribution in [3.05, 3.63) is 0 Å². The van der Waals surface area contributed by atoms with Crippen molar-refractivity contribution >= 4 is 31.7 Å². The Morgan fingerprint density at radius 2 is 1.83 bits per heavy atom. The topological polar surface area (TPSA) is 61.8 Å². The van der Waals surface area contributed by atoms with Gasteiger partial charge in [-0.2, -0.15) is 3.71 Å². The molecule has 0 spiro atoms. The van der Waals surface area contributed by atoms with E-state index in [0.717, 1.165) is 26.3 Å². The van der Waals surface area contributed by atoms with E-state index in [0.29, 0.717) is 3.71 Å². The summed E-state index contributed by atoms with van der Waals surface area (Å²) in [6.07, 6.45) is -1.18. The number of rotatable bonds is 0. The summed E-state index contributed by atoms with van der Waals surface area (Å²) < 4.78 is 5.48. The van der Waals surface area contributed by atoms with E-state index in [9.17, 15) is 4.79 Å². The number of amides is 1. The maximum absolute atomic E-state index is 9.47. The molecule has 7 heteroatoms. The fourth-order valence-electron chi connectivity index (χ4n) is 0.516. The summed E-state index contributed by atoms with van der Waals surface area (Å²) in [5.41, 5.74) is 0. The molecule has 1 saturated heterocycles. The number of nitrogens with zero attached hydrogens (tertiary/aromatic N) is 1. The summed E-state index contributed by atoms with van der Waals surface area (Å²) in [6, 6.07) is 0. The van der Waals surface area contributed by atoms with Crippen LogP contribution in [0.5, 0.6) is 0 Å². The van der Waals surface area contributed by atoms with Crippen LogP contribution in [0.4, 0.5) is 4.79 Å². The Kier molecular flexibility index (Phi) is 7.47. The monoisotopic (exact) mass is 212 g/mol. The SMILES string of the molecule is C1COCCN1.O=C(O)N(S)S. The van der Waals surface area contributed by atoms with Crippen molar-refractivity contribution in [2.75, 3.05) is 26.3 Å². The second kappa shape index (κ2) is 7.53. The Labute approximate surface area is 82.2 Å². The van der Waals surface area contributed by atoms with Crippen molar-refractivity contribution in [2.45, 2.75) is 0 Å². The lowest BCUT2D eigenvalue weighted by Gasteiger charge is -2.10. The summed E-state index contributed by atoms with van der Waals surface area (Å²) in [7, 11) is 0. The summed E-state index contributed by atoms with van der Waals surface area (Å²) >= 11 is 6.58. The van der Waals surface area contributed by atoms with Gasteiger partial charge in [0.2, 0.25) is 0 Å². The largest absolute Gasteiger partial charge is 0.464 e. The molecule has 1 heterocycles. The van der Waals surface area contributed by atoms with E-state index in [1.807, 2.05) is 0 Å². The number of thiol groups is 2. The average Bonchev–Trinajstić information content (AvgIpc) is 2.08. The van der Waals surface area contributed by atoms with E-state index in [4.69, 9.17) is 9.84 Å². The molecule has 2 N–H and O–H groups in total. The summed E-state index contributed by atoms with van der Waals surface area (Å²) in [5, 5.41) is 10.9. The maximum atomic E-state index is 9.47. The minimum atomic E-state index is -1.18. The molecule has 0 radical (unpaired) electrons. The van der Waals surface area contributed by atoms with Gasteiger partial charge in [0, 0.05) is 13.1 Å². The number of carbonyl (C=O) groups is 1. The highest BCUT2D eigenvalue weighted by molar-refractivity contribution is 7.94. The van der Waals surface area contributed by atoms with E-state index in [-0.39, 0.29) is 0 Å². The zero-order valence-electron chi connectivity index (χ0n) is 6.43. The molecule has 1 aliphatic rings. The summed E-state index contributed by atoms with van der Waals surface area (Å²) in [4.78, 5) is 9.47. The molecular weight excluding hydrogens is 200 g/mol. The van der Waals surface area contributed by atoms with Gasteiger partial charge in [-0.3, -0.25) is 0 Å². The Balaban J connectivity index is 0.000000202. The van der Waals surface area contributed by atoms with Crippen LogP contribution in [0, 0.1) is 0 Å². The minimum absolute atomic E-state index is 0.472. The van der Waals surface area contributed by atoms with Gasteiger partial charge in [-0.1, -0.05) is 0 Å². The van der Waals surface area contributed by atoms with E-state index in [1.54, 1.807) is 0 Å². The predicted octanol–water partition coefficient (Wildman–Crippen LogP) is 0.262. The number of nitrogens with one attached hydrogen (secondary N) is 1. The van der Waals surface area contributed by atoms with E-state index in [1.165, 1.54) is 0 Å². The summed E-state index contributed by atoms with van der Waals surface area (Å²) in [6.45, 7) is 3.83. The van der Waals surface area contributed by atoms with E-state index < -0.39 is 6.09 Å². The fourth-order valence-corrected chi connectivity index (χ4v) is 0.516. The van der Waals surface area contributed by atoms with E-state index >= 15 is 0 Å². The van der Waals surface area contributed by atoms with Gasteiger partial charge in [0.25, 0.3) is 0 Å². The molecule has 0 aromatic heterocycles. The third-order valence-corrected chi connectivity index (χ3v) is 1.36. The first-order valence-electron chi connectivity index (χ1n) is 3.34. The van der Waals surface area contributed by atoms with Gasteiger partial charge in [0.05, 0.1) is 13.2 Å². The highest BCUT2D eigenvalue weighted by Crippen LogP contribution is 1.94. The molecule has 1 amide bonds. The lowest BCUT2D eigenvalue weighted by Crippen LogP contribution is -2.30. The maximum Gasteiger partial charge on any atom is 0.427 e. The van der Waals surface area contributed by atoms with Crippen LogP contribution in [-0.4, -0.2) is 41.2 Å². The van der Waals surface area contributed by atoms with Crippen molar-refractivity contribution in [3.63, 3.8) is 0 Å².